The molecule has 0 radical (unpaired) electrons. The Hall–Kier alpha value is -3.18. The second-order valence-corrected chi connectivity index (χ2v) is 7.91. The van der Waals surface area contributed by atoms with Crippen LogP contribution in [0.5, 0.6) is 0 Å². The van der Waals surface area contributed by atoms with E-state index in [1.807, 2.05) is 43.4 Å². The topological polar surface area (TPSA) is 29.0 Å². The van der Waals surface area contributed by atoms with Gasteiger partial charge in [0.15, 0.2) is 0 Å². The minimum atomic E-state index is -0.356. The molecule has 1 aliphatic rings. The summed E-state index contributed by atoms with van der Waals surface area (Å²) >= 11 is 0. The SMILES string of the molecule is CN1CCC(c2ccc3ccccc3c2F)c2cc(F)c(-c3cccnn3)cc2C1. The van der Waals surface area contributed by atoms with E-state index in [4.69, 9.17) is 0 Å². The van der Waals surface area contributed by atoms with Gasteiger partial charge in [-0.2, -0.15) is 10.2 Å². The van der Waals surface area contributed by atoms with Crippen molar-refractivity contribution in [3.8, 4) is 11.3 Å². The van der Waals surface area contributed by atoms with Crippen LogP contribution in [0.3, 0.4) is 0 Å². The molecule has 5 heteroatoms. The summed E-state index contributed by atoms with van der Waals surface area (Å²) in [7, 11) is 2.04. The van der Waals surface area contributed by atoms with E-state index in [2.05, 4.69) is 15.1 Å². The standard InChI is InChI=1S/C25H21F2N3/c1-30-12-10-19(20-9-8-16-5-2-3-6-18(16)25(20)27)21-14-23(26)22(13-17(21)15-30)24-7-4-11-28-29-24/h2-9,11,13-14,19H,10,12,15H2,1H3. The maximum Gasteiger partial charge on any atom is 0.134 e. The van der Waals surface area contributed by atoms with Crippen molar-refractivity contribution in [1.82, 2.24) is 15.1 Å². The number of halogens is 2. The van der Waals surface area contributed by atoms with Crippen LogP contribution in [0.2, 0.25) is 0 Å². The van der Waals surface area contributed by atoms with E-state index in [9.17, 15) is 0 Å². The fourth-order valence-electron chi connectivity index (χ4n) is 4.45. The summed E-state index contributed by atoms with van der Waals surface area (Å²) in [5.74, 6) is -0.781. The van der Waals surface area contributed by atoms with Crippen molar-refractivity contribution in [2.45, 2.75) is 18.9 Å². The van der Waals surface area contributed by atoms with Crippen LogP contribution in [-0.2, 0) is 6.54 Å². The molecule has 2 heterocycles. The zero-order valence-corrected chi connectivity index (χ0v) is 16.6. The fourth-order valence-corrected chi connectivity index (χ4v) is 4.45. The molecule has 3 aromatic carbocycles. The third kappa shape index (κ3) is 3.25. The van der Waals surface area contributed by atoms with E-state index >= 15 is 8.78 Å². The van der Waals surface area contributed by atoms with E-state index in [0.29, 0.717) is 28.8 Å². The normalized spacial score (nSPS) is 17.0. The van der Waals surface area contributed by atoms with Crippen LogP contribution < -0.4 is 0 Å². The molecular formula is C25H21F2N3. The molecule has 1 aliphatic heterocycles. The first-order valence-corrected chi connectivity index (χ1v) is 10.1. The van der Waals surface area contributed by atoms with Crippen LogP contribution >= 0.6 is 0 Å². The van der Waals surface area contributed by atoms with Gasteiger partial charge in [-0.15, -0.1) is 0 Å². The molecule has 0 N–H and O–H groups in total. The van der Waals surface area contributed by atoms with Gasteiger partial charge >= 0.3 is 0 Å². The van der Waals surface area contributed by atoms with E-state index in [-0.39, 0.29) is 17.6 Å². The van der Waals surface area contributed by atoms with Gasteiger partial charge in [-0.3, -0.25) is 0 Å². The van der Waals surface area contributed by atoms with Gasteiger partial charge in [-0.05, 0) is 66.4 Å². The van der Waals surface area contributed by atoms with Crippen LogP contribution in [0.15, 0.2) is 66.9 Å². The van der Waals surface area contributed by atoms with Gasteiger partial charge in [0.2, 0.25) is 0 Å². The Morgan fingerprint density at radius 1 is 0.967 bits per heavy atom. The summed E-state index contributed by atoms with van der Waals surface area (Å²) in [5.41, 5.74) is 3.39. The Morgan fingerprint density at radius 3 is 2.67 bits per heavy atom. The summed E-state index contributed by atoms with van der Waals surface area (Å²) in [6.45, 7) is 1.47. The Bertz CT molecular complexity index is 1220. The molecular weight excluding hydrogens is 380 g/mol. The molecule has 0 aliphatic carbocycles. The van der Waals surface area contributed by atoms with E-state index in [0.717, 1.165) is 29.5 Å². The van der Waals surface area contributed by atoms with Crippen molar-refractivity contribution < 1.29 is 8.78 Å². The Morgan fingerprint density at radius 2 is 1.83 bits per heavy atom. The molecule has 0 amide bonds. The fraction of sp³-hybridized carbons (Fsp3) is 0.200. The quantitative estimate of drug-likeness (QED) is 0.441. The zero-order valence-electron chi connectivity index (χ0n) is 16.6. The highest BCUT2D eigenvalue weighted by Gasteiger charge is 2.27. The van der Waals surface area contributed by atoms with Gasteiger partial charge in [0.25, 0.3) is 0 Å². The van der Waals surface area contributed by atoms with Crippen molar-refractivity contribution in [2.75, 3.05) is 13.6 Å². The van der Waals surface area contributed by atoms with E-state index < -0.39 is 0 Å². The van der Waals surface area contributed by atoms with Crippen molar-refractivity contribution in [3.63, 3.8) is 0 Å². The van der Waals surface area contributed by atoms with Crippen molar-refractivity contribution >= 4 is 10.8 Å². The summed E-state index contributed by atoms with van der Waals surface area (Å²) in [6, 6.07) is 18.2. The van der Waals surface area contributed by atoms with Gasteiger partial charge in [-0.1, -0.05) is 36.4 Å². The Kier molecular flexibility index (Phi) is 4.75. The Labute approximate surface area is 174 Å². The number of hydrogen-bond acceptors (Lipinski definition) is 3. The van der Waals surface area contributed by atoms with Crippen LogP contribution in [-0.4, -0.2) is 28.7 Å². The lowest BCUT2D eigenvalue weighted by atomic mass is 9.84. The third-order valence-corrected chi connectivity index (χ3v) is 5.96. The smallest absolute Gasteiger partial charge is 0.134 e. The molecule has 4 aromatic rings. The van der Waals surface area contributed by atoms with Crippen LogP contribution in [0.1, 0.15) is 29.0 Å². The molecule has 0 saturated heterocycles. The van der Waals surface area contributed by atoms with Crippen molar-refractivity contribution in [3.05, 3.63) is 95.2 Å². The van der Waals surface area contributed by atoms with Gasteiger partial charge in [0.1, 0.15) is 11.6 Å². The molecule has 1 atom stereocenters. The molecule has 5 rings (SSSR count). The predicted octanol–water partition coefficient (Wildman–Crippen LogP) is 5.54. The lowest BCUT2D eigenvalue weighted by Gasteiger charge is -2.20. The second kappa shape index (κ2) is 7.58. The molecule has 0 saturated carbocycles. The predicted molar refractivity (Wildman–Crippen MR) is 114 cm³/mol. The van der Waals surface area contributed by atoms with Gasteiger partial charge in [0.05, 0.1) is 5.69 Å². The number of aromatic nitrogens is 2. The second-order valence-electron chi connectivity index (χ2n) is 7.91. The summed E-state index contributed by atoms with van der Waals surface area (Å²) in [5, 5.41) is 9.41. The summed E-state index contributed by atoms with van der Waals surface area (Å²) in [4.78, 5) is 2.19. The minimum Gasteiger partial charge on any atom is -0.302 e. The molecule has 3 nitrogen and oxygen atoms in total. The van der Waals surface area contributed by atoms with Crippen molar-refractivity contribution in [2.24, 2.45) is 0 Å². The lowest BCUT2D eigenvalue weighted by Crippen LogP contribution is -2.17. The van der Waals surface area contributed by atoms with Gasteiger partial charge in [-0.25, -0.2) is 8.78 Å². The largest absolute Gasteiger partial charge is 0.302 e. The summed E-state index contributed by atoms with van der Waals surface area (Å²) < 4.78 is 30.7. The monoisotopic (exact) mass is 401 g/mol. The first kappa shape index (κ1) is 18.8. The highest BCUT2D eigenvalue weighted by molar-refractivity contribution is 5.84. The third-order valence-electron chi connectivity index (χ3n) is 5.96. The average molecular weight is 401 g/mol. The molecule has 1 unspecified atom stereocenters. The van der Waals surface area contributed by atoms with Gasteiger partial charge in [0, 0.05) is 29.6 Å². The molecule has 30 heavy (non-hydrogen) atoms. The maximum absolute atomic E-state index is 15.5. The molecule has 0 bridgehead atoms. The minimum absolute atomic E-state index is 0.208. The summed E-state index contributed by atoms with van der Waals surface area (Å²) in [6.07, 6.45) is 2.29. The van der Waals surface area contributed by atoms with E-state index in [1.54, 1.807) is 30.5 Å². The molecule has 0 fully saturated rings. The number of nitrogens with zero attached hydrogens (tertiary/aromatic N) is 3. The lowest BCUT2D eigenvalue weighted by molar-refractivity contribution is 0.328. The number of rotatable bonds is 2. The van der Waals surface area contributed by atoms with Crippen LogP contribution in [0.4, 0.5) is 8.78 Å². The highest BCUT2D eigenvalue weighted by atomic mass is 19.1. The van der Waals surface area contributed by atoms with Crippen LogP contribution in [0.25, 0.3) is 22.0 Å². The molecule has 1 aromatic heterocycles. The molecule has 150 valence electrons. The first-order chi connectivity index (χ1) is 14.6. The van der Waals surface area contributed by atoms with E-state index in [1.165, 1.54) is 0 Å². The first-order valence-electron chi connectivity index (χ1n) is 10.1. The molecule has 0 spiro atoms. The number of fused-ring (bicyclic) bond motifs is 2. The van der Waals surface area contributed by atoms with Crippen LogP contribution in [0, 0.1) is 11.6 Å². The Balaban J connectivity index is 1.68. The maximum atomic E-state index is 15.5. The number of benzene rings is 3. The number of hydrogen-bond donors (Lipinski definition) is 0. The highest BCUT2D eigenvalue weighted by Crippen LogP contribution is 2.39. The zero-order chi connectivity index (χ0) is 20.7. The van der Waals surface area contributed by atoms with Gasteiger partial charge < -0.3 is 4.90 Å². The average Bonchev–Trinajstić information content (AvgIpc) is 2.92. The van der Waals surface area contributed by atoms with Crippen molar-refractivity contribution in [1.29, 1.82) is 0 Å².